The summed E-state index contributed by atoms with van der Waals surface area (Å²) in [5.41, 5.74) is 2.73. The molecule has 0 aliphatic carbocycles. The van der Waals surface area contributed by atoms with Crippen LogP contribution in [-0.2, 0) is 4.79 Å². The minimum Gasteiger partial charge on any atom is -0.326 e. The number of rotatable bonds is 5. The third-order valence-electron chi connectivity index (χ3n) is 4.06. The van der Waals surface area contributed by atoms with Gasteiger partial charge in [0.1, 0.15) is 0 Å². The second kappa shape index (κ2) is 7.18. The Morgan fingerprint density at radius 3 is 2.91 bits per heavy atom. The lowest BCUT2D eigenvalue weighted by molar-refractivity contribution is -0.116. The Morgan fingerprint density at radius 1 is 1.27 bits per heavy atom. The van der Waals surface area contributed by atoms with Gasteiger partial charge < -0.3 is 10.6 Å². The molecule has 0 saturated carbocycles. The monoisotopic (exact) mass is 295 g/mol. The summed E-state index contributed by atoms with van der Waals surface area (Å²) in [6.07, 6.45) is 4.45. The van der Waals surface area contributed by atoms with E-state index in [4.69, 9.17) is 0 Å². The van der Waals surface area contributed by atoms with Crippen molar-refractivity contribution in [3.05, 3.63) is 48.7 Å². The van der Waals surface area contributed by atoms with Crippen LogP contribution in [-0.4, -0.2) is 24.0 Å². The van der Waals surface area contributed by atoms with E-state index in [1.54, 1.807) is 6.20 Å². The van der Waals surface area contributed by atoms with E-state index in [2.05, 4.69) is 15.6 Å². The Balaban J connectivity index is 1.59. The number of nitrogens with one attached hydrogen (secondary N) is 2. The molecule has 4 heteroatoms. The molecule has 2 heterocycles. The molecule has 2 N–H and O–H groups in total. The lowest BCUT2D eigenvalue weighted by Crippen LogP contribution is -2.15. The third kappa shape index (κ3) is 3.92. The molecule has 1 unspecified atom stereocenters. The SMILES string of the molecule is O=C(CCC1CCNC1)Nc1ccnc(-c2ccccc2)c1. The average molecular weight is 295 g/mol. The van der Waals surface area contributed by atoms with E-state index in [1.165, 1.54) is 6.42 Å². The number of pyridine rings is 1. The second-order valence-corrected chi connectivity index (χ2v) is 5.74. The van der Waals surface area contributed by atoms with Gasteiger partial charge >= 0.3 is 0 Å². The van der Waals surface area contributed by atoms with Crippen molar-refractivity contribution in [2.75, 3.05) is 18.4 Å². The number of amides is 1. The first-order chi connectivity index (χ1) is 10.8. The molecule has 1 aromatic carbocycles. The summed E-state index contributed by atoms with van der Waals surface area (Å²) in [5.74, 6) is 0.722. The molecule has 1 aliphatic heterocycles. The predicted octanol–water partition coefficient (Wildman–Crippen LogP) is 3.08. The summed E-state index contributed by atoms with van der Waals surface area (Å²) >= 11 is 0. The summed E-state index contributed by atoms with van der Waals surface area (Å²) in [5, 5.41) is 6.31. The maximum atomic E-state index is 12.1. The second-order valence-electron chi connectivity index (χ2n) is 5.74. The van der Waals surface area contributed by atoms with Crippen LogP contribution in [0.5, 0.6) is 0 Å². The van der Waals surface area contributed by atoms with Crippen LogP contribution in [0, 0.1) is 5.92 Å². The molecule has 1 saturated heterocycles. The Morgan fingerprint density at radius 2 is 2.14 bits per heavy atom. The van der Waals surface area contributed by atoms with E-state index in [-0.39, 0.29) is 5.91 Å². The summed E-state index contributed by atoms with van der Waals surface area (Å²) < 4.78 is 0. The van der Waals surface area contributed by atoms with Gasteiger partial charge in [-0.1, -0.05) is 30.3 Å². The Kier molecular flexibility index (Phi) is 4.81. The van der Waals surface area contributed by atoms with E-state index in [0.29, 0.717) is 12.3 Å². The molecule has 1 fully saturated rings. The first-order valence-corrected chi connectivity index (χ1v) is 7.83. The van der Waals surface area contributed by atoms with Gasteiger partial charge in [0, 0.05) is 23.9 Å². The number of hydrogen-bond donors (Lipinski definition) is 2. The highest BCUT2D eigenvalue weighted by atomic mass is 16.1. The van der Waals surface area contributed by atoms with Crippen molar-refractivity contribution in [2.24, 2.45) is 5.92 Å². The van der Waals surface area contributed by atoms with Crippen LogP contribution in [0.2, 0.25) is 0 Å². The standard InChI is InChI=1S/C18H21N3O/c22-18(7-6-14-8-10-19-13-14)21-16-9-11-20-17(12-16)15-4-2-1-3-5-15/h1-5,9,11-12,14,19H,6-8,10,13H2,(H,20,21,22). The van der Waals surface area contributed by atoms with Gasteiger partial charge in [-0.15, -0.1) is 0 Å². The smallest absolute Gasteiger partial charge is 0.224 e. The minimum atomic E-state index is 0.0807. The molecule has 0 bridgehead atoms. The normalized spacial score (nSPS) is 17.4. The molecule has 1 amide bonds. The van der Waals surface area contributed by atoms with Gasteiger partial charge in [0.25, 0.3) is 0 Å². The summed E-state index contributed by atoms with van der Waals surface area (Å²) in [6, 6.07) is 13.7. The maximum absolute atomic E-state index is 12.1. The van der Waals surface area contributed by atoms with Crippen LogP contribution in [0.1, 0.15) is 19.3 Å². The van der Waals surface area contributed by atoms with Crippen molar-refractivity contribution in [2.45, 2.75) is 19.3 Å². The molecule has 3 rings (SSSR count). The number of hydrogen-bond acceptors (Lipinski definition) is 3. The molecule has 1 aromatic heterocycles. The van der Waals surface area contributed by atoms with Crippen LogP contribution >= 0.6 is 0 Å². The summed E-state index contributed by atoms with van der Waals surface area (Å²) in [6.45, 7) is 2.12. The molecule has 1 atom stereocenters. The maximum Gasteiger partial charge on any atom is 0.224 e. The quantitative estimate of drug-likeness (QED) is 0.891. The fraction of sp³-hybridized carbons (Fsp3) is 0.333. The summed E-state index contributed by atoms with van der Waals surface area (Å²) in [4.78, 5) is 16.4. The Bertz CT molecular complexity index is 621. The molecule has 0 radical (unpaired) electrons. The number of aromatic nitrogens is 1. The first kappa shape index (κ1) is 14.7. The lowest BCUT2D eigenvalue weighted by atomic mass is 10.0. The number of carbonyl (C=O) groups is 1. The van der Waals surface area contributed by atoms with E-state index >= 15 is 0 Å². The molecular weight excluding hydrogens is 274 g/mol. The molecule has 1 aliphatic rings. The Labute approximate surface area is 131 Å². The zero-order chi connectivity index (χ0) is 15.2. The van der Waals surface area contributed by atoms with Gasteiger partial charge in [0.2, 0.25) is 5.91 Å². The molecule has 114 valence electrons. The van der Waals surface area contributed by atoms with Crippen LogP contribution in [0.4, 0.5) is 5.69 Å². The van der Waals surface area contributed by atoms with Crippen molar-refractivity contribution >= 4 is 11.6 Å². The van der Waals surface area contributed by atoms with Gasteiger partial charge in [-0.3, -0.25) is 9.78 Å². The van der Waals surface area contributed by atoms with Crippen molar-refractivity contribution in [3.8, 4) is 11.3 Å². The molecule has 0 spiro atoms. The molecule has 4 nitrogen and oxygen atoms in total. The van der Waals surface area contributed by atoms with Crippen molar-refractivity contribution < 1.29 is 4.79 Å². The highest BCUT2D eigenvalue weighted by Gasteiger charge is 2.15. The number of nitrogens with zero attached hydrogens (tertiary/aromatic N) is 1. The molecular formula is C18H21N3O. The molecule has 22 heavy (non-hydrogen) atoms. The first-order valence-electron chi connectivity index (χ1n) is 7.83. The van der Waals surface area contributed by atoms with Gasteiger partial charge in [-0.2, -0.15) is 0 Å². The minimum absolute atomic E-state index is 0.0807. The largest absolute Gasteiger partial charge is 0.326 e. The van der Waals surface area contributed by atoms with Crippen LogP contribution in [0.25, 0.3) is 11.3 Å². The van der Waals surface area contributed by atoms with Crippen molar-refractivity contribution in [3.63, 3.8) is 0 Å². The van der Waals surface area contributed by atoms with Crippen LogP contribution < -0.4 is 10.6 Å². The number of anilines is 1. The van der Waals surface area contributed by atoms with Gasteiger partial charge in [-0.05, 0) is 44.0 Å². The predicted molar refractivity (Wildman–Crippen MR) is 88.5 cm³/mol. The van der Waals surface area contributed by atoms with Gasteiger partial charge in [0.05, 0.1) is 5.69 Å². The third-order valence-corrected chi connectivity index (χ3v) is 4.06. The highest BCUT2D eigenvalue weighted by Crippen LogP contribution is 2.20. The van der Waals surface area contributed by atoms with E-state index in [9.17, 15) is 4.79 Å². The summed E-state index contributed by atoms with van der Waals surface area (Å²) in [7, 11) is 0. The highest BCUT2D eigenvalue weighted by molar-refractivity contribution is 5.91. The molecule has 2 aromatic rings. The fourth-order valence-corrected chi connectivity index (χ4v) is 2.79. The average Bonchev–Trinajstić information content (AvgIpc) is 3.08. The van der Waals surface area contributed by atoms with Crippen LogP contribution in [0.3, 0.4) is 0 Å². The van der Waals surface area contributed by atoms with E-state index in [0.717, 1.165) is 36.5 Å². The van der Waals surface area contributed by atoms with Crippen LogP contribution in [0.15, 0.2) is 48.7 Å². The lowest BCUT2D eigenvalue weighted by Gasteiger charge is -2.09. The zero-order valence-corrected chi connectivity index (χ0v) is 12.6. The van der Waals surface area contributed by atoms with Gasteiger partial charge in [0.15, 0.2) is 0 Å². The topological polar surface area (TPSA) is 54.0 Å². The number of carbonyl (C=O) groups excluding carboxylic acids is 1. The fourth-order valence-electron chi connectivity index (χ4n) is 2.79. The van der Waals surface area contributed by atoms with E-state index in [1.807, 2.05) is 42.5 Å². The number of benzene rings is 1. The van der Waals surface area contributed by atoms with E-state index < -0.39 is 0 Å². The zero-order valence-electron chi connectivity index (χ0n) is 12.6. The van der Waals surface area contributed by atoms with Gasteiger partial charge in [-0.25, -0.2) is 0 Å². The van der Waals surface area contributed by atoms with Crippen molar-refractivity contribution in [1.82, 2.24) is 10.3 Å². The van der Waals surface area contributed by atoms with Crippen molar-refractivity contribution in [1.29, 1.82) is 0 Å². The Hall–Kier alpha value is -2.20.